The van der Waals surface area contributed by atoms with Crippen molar-refractivity contribution in [1.82, 2.24) is 5.48 Å². The van der Waals surface area contributed by atoms with E-state index in [2.05, 4.69) is 5.48 Å². The molecule has 0 amide bonds. The highest BCUT2D eigenvalue weighted by atomic mass is 16.6. The minimum Gasteiger partial charge on any atom is -0.274 e. The van der Waals surface area contributed by atoms with Crippen molar-refractivity contribution in [2.45, 2.75) is 0 Å². The second-order valence-electron chi connectivity index (χ2n) is 1.22. The largest absolute Gasteiger partial charge is 0.274 e. The summed E-state index contributed by atoms with van der Waals surface area (Å²) in [4.78, 5) is 4.77. The van der Waals surface area contributed by atoms with Gasteiger partial charge in [0, 0.05) is 6.20 Å². The Morgan fingerprint density at radius 3 is 3.43 bits per heavy atom. The van der Waals surface area contributed by atoms with Gasteiger partial charge < -0.3 is 0 Å². The molecule has 0 radical (unpaired) electrons. The minimum absolute atomic E-state index is 0.646. The van der Waals surface area contributed by atoms with Crippen molar-refractivity contribution in [2.24, 2.45) is 0 Å². The van der Waals surface area contributed by atoms with Crippen LogP contribution in [0.2, 0.25) is 0 Å². The van der Waals surface area contributed by atoms with E-state index in [-0.39, 0.29) is 0 Å². The predicted octanol–water partition coefficient (Wildman–Crippen LogP) is 0.591. The average molecular weight is 97.1 g/mol. The van der Waals surface area contributed by atoms with Crippen LogP contribution in [0.5, 0.6) is 0 Å². The third-order valence-corrected chi connectivity index (χ3v) is 0.674. The molecule has 2 nitrogen and oxygen atoms in total. The van der Waals surface area contributed by atoms with Gasteiger partial charge in [-0.1, -0.05) is 12.2 Å². The average Bonchev–Trinajstić information content (AvgIpc) is 1.90. The molecule has 0 saturated carbocycles. The molecule has 38 valence electrons. The Kier molecular flexibility index (Phi) is 1.52. The Hall–Kier alpha value is -0.760. The molecule has 0 bridgehead atoms. The SMILES string of the molecule is C1=CCONC=C1. The summed E-state index contributed by atoms with van der Waals surface area (Å²) in [7, 11) is 0. The fourth-order valence-corrected chi connectivity index (χ4v) is 0.373. The fraction of sp³-hybridized carbons (Fsp3) is 0.200. The van der Waals surface area contributed by atoms with Gasteiger partial charge in [-0.3, -0.25) is 10.3 Å². The highest BCUT2D eigenvalue weighted by Gasteiger charge is 1.77. The zero-order chi connectivity index (χ0) is 4.95. The number of allylic oxidation sites excluding steroid dienone is 2. The first kappa shape index (κ1) is 4.40. The summed E-state index contributed by atoms with van der Waals surface area (Å²) in [5, 5.41) is 0. The zero-order valence-electron chi connectivity index (χ0n) is 3.92. The van der Waals surface area contributed by atoms with E-state index in [1.165, 1.54) is 0 Å². The highest BCUT2D eigenvalue weighted by molar-refractivity contribution is 5.02. The van der Waals surface area contributed by atoms with E-state index in [1.54, 1.807) is 6.20 Å². The van der Waals surface area contributed by atoms with Crippen LogP contribution < -0.4 is 5.48 Å². The Morgan fingerprint density at radius 1 is 1.43 bits per heavy atom. The standard InChI is InChI=1S/C5H7NO/c1-2-4-6-7-5-3-1/h1-4,6H,5H2. The molecular formula is C5H7NO. The molecule has 0 saturated heterocycles. The van der Waals surface area contributed by atoms with Crippen molar-refractivity contribution in [1.29, 1.82) is 0 Å². The summed E-state index contributed by atoms with van der Waals surface area (Å²) < 4.78 is 0. The van der Waals surface area contributed by atoms with Crippen LogP contribution in [0.1, 0.15) is 0 Å². The summed E-state index contributed by atoms with van der Waals surface area (Å²) >= 11 is 0. The minimum atomic E-state index is 0.646. The molecule has 0 aromatic heterocycles. The fourth-order valence-electron chi connectivity index (χ4n) is 0.373. The summed E-state index contributed by atoms with van der Waals surface area (Å²) in [5.41, 5.74) is 2.60. The van der Waals surface area contributed by atoms with Gasteiger partial charge in [0.2, 0.25) is 0 Å². The molecule has 0 aliphatic carbocycles. The molecule has 1 heterocycles. The Labute approximate surface area is 42.4 Å². The van der Waals surface area contributed by atoms with Crippen molar-refractivity contribution < 1.29 is 4.84 Å². The Balaban J connectivity index is 2.39. The monoisotopic (exact) mass is 97.1 g/mol. The number of rotatable bonds is 0. The highest BCUT2D eigenvalue weighted by Crippen LogP contribution is 1.80. The lowest BCUT2D eigenvalue weighted by molar-refractivity contribution is 0.0969. The van der Waals surface area contributed by atoms with E-state index in [1.807, 2.05) is 18.2 Å². The molecule has 7 heavy (non-hydrogen) atoms. The van der Waals surface area contributed by atoms with E-state index >= 15 is 0 Å². The van der Waals surface area contributed by atoms with Crippen LogP contribution in [0.25, 0.3) is 0 Å². The van der Waals surface area contributed by atoms with Crippen LogP contribution in [0.4, 0.5) is 0 Å². The molecule has 1 aliphatic rings. The maximum atomic E-state index is 4.77. The van der Waals surface area contributed by atoms with Crippen molar-refractivity contribution in [3.8, 4) is 0 Å². The molecule has 0 aromatic rings. The summed E-state index contributed by atoms with van der Waals surface area (Å²) in [5.74, 6) is 0. The lowest BCUT2D eigenvalue weighted by Gasteiger charge is -1.91. The predicted molar refractivity (Wildman–Crippen MR) is 27.4 cm³/mol. The molecule has 2 heteroatoms. The third kappa shape index (κ3) is 1.41. The quantitative estimate of drug-likeness (QED) is 0.477. The second kappa shape index (κ2) is 2.42. The second-order valence-corrected chi connectivity index (χ2v) is 1.22. The van der Waals surface area contributed by atoms with Crippen LogP contribution in [0.15, 0.2) is 24.4 Å². The molecule has 0 spiro atoms. The van der Waals surface area contributed by atoms with Crippen molar-refractivity contribution >= 4 is 0 Å². The summed E-state index contributed by atoms with van der Waals surface area (Å²) in [6.45, 7) is 0.646. The zero-order valence-corrected chi connectivity index (χ0v) is 3.92. The number of nitrogens with one attached hydrogen (secondary N) is 1. The van der Waals surface area contributed by atoms with Crippen molar-refractivity contribution in [2.75, 3.05) is 6.61 Å². The van der Waals surface area contributed by atoms with Gasteiger partial charge in [0.15, 0.2) is 0 Å². The lowest BCUT2D eigenvalue weighted by atomic mass is 10.5. The van der Waals surface area contributed by atoms with Gasteiger partial charge in [0.25, 0.3) is 0 Å². The first-order valence-electron chi connectivity index (χ1n) is 2.19. The molecule has 1 N–H and O–H groups in total. The van der Waals surface area contributed by atoms with E-state index in [0.29, 0.717) is 6.61 Å². The Morgan fingerprint density at radius 2 is 2.43 bits per heavy atom. The van der Waals surface area contributed by atoms with Crippen LogP contribution in [0.3, 0.4) is 0 Å². The lowest BCUT2D eigenvalue weighted by Crippen LogP contribution is -2.03. The first-order valence-corrected chi connectivity index (χ1v) is 2.19. The molecule has 1 aliphatic heterocycles. The third-order valence-electron chi connectivity index (χ3n) is 0.674. The topological polar surface area (TPSA) is 21.3 Å². The normalized spacial score (nSPS) is 18.3. The van der Waals surface area contributed by atoms with Gasteiger partial charge in [0.05, 0.1) is 6.61 Å². The van der Waals surface area contributed by atoms with Gasteiger partial charge in [-0.25, -0.2) is 0 Å². The molecule has 0 aromatic carbocycles. The number of hydrogen-bond acceptors (Lipinski definition) is 2. The van der Waals surface area contributed by atoms with Gasteiger partial charge >= 0.3 is 0 Å². The van der Waals surface area contributed by atoms with Crippen LogP contribution in [-0.4, -0.2) is 6.61 Å². The first-order chi connectivity index (χ1) is 3.50. The molecule has 0 atom stereocenters. The van der Waals surface area contributed by atoms with E-state index in [4.69, 9.17) is 4.84 Å². The van der Waals surface area contributed by atoms with E-state index < -0.39 is 0 Å². The number of hydroxylamine groups is 1. The molecule has 0 fully saturated rings. The van der Waals surface area contributed by atoms with Crippen molar-refractivity contribution in [3.05, 3.63) is 24.4 Å². The maximum absolute atomic E-state index is 4.77. The van der Waals surface area contributed by atoms with Gasteiger partial charge in [-0.15, -0.1) is 0 Å². The van der Waals surface area contributed by atoms with Crippen LogP contribution in [0, 0.1) is 0 Å². The van der Waals surface area contributed by atoms with E-state index in [9.17, 15) is 0 Å². The number of hydrogen-bond donors (Lipinski definition) is 1. The summed E-state index contributed by atoms with van der Waals surface area (Å²) in [6, 6.07) is 0. The smallest absolute Gasteiger partial charge is 0.0930 e. The van der Waals surface area contributed by atoms with Gasteiger partial charge in [0.1, 0.15) is 0 Å². The summed E-state index contributed by atoms with van der Waals surface area (Å²) in [6.07, 6.45) is 7.48. The van der Waals surface area contributed by atoms with E-state index in [0.717, 1.165) is 0 Å². The molecular weight excluding hydrogens is 90.1 g/mol. The Bertz CT molecular complexity index is 84.3. The van der Waals surface area contributed by atoms with Gasteiger partial charge in [-0.2, -0.15) is 0 Å². The maximum Gasteiger partial charge on any atom is 0.0930 e. The van der Waals surface area contributed by atoms with Crippen molar-refractivity contribution in [3.63, 3.8) is 0 Å². The molecule has 1 rings (SSSR count). The van der Waals surface area contributed by atoms with Crippen LogP contribution >= 0.6 is 0 Å². The van der Waals surface area contributed by atoms with Crippen LogP contribution in [-0.2, 0) is 4.84 Å². The molecule has 0 unspecified atom stereocenters. The van der Waals surface area contributed by atoms with Gasteiger partial charge in [-0.05, 0) is 6.08 Å².